The Morgan fingerprint density at radius 1 is 1.35 bits per heavy atom. The Morgan fingerprint density at radius 2 is 2.05 bits per heavy atom. The maximum atomic E-state index is 12.1. The van der Waals surface area contributed by atoms with Gasteiger partial charge in [0.25, 0.3) is 0 Å². The number of benzene rings is 1. The predicted octanol–water partition coefficient (Wildman–Crippen LogP) is 2.23. The maximum Gasteiger partial charge on any atom is 0.339 e. The third-order valence-electron chi connectivity index (χ3n) is 3.58. The van der Waals surface area contributed by atoms with E-state index in [2.05, 4.69) is 17.0 Å². The molecule has 4 heteroatoms. The Morgan fingerprint density at radius 3 is 2.65 bits per heavy atom. The van der Waals surface area contributed by atoms with Gasteiger partial charge < -0.3 is 9.47 Å². The van der Waals surface area contributed by atoms with Gasteiger partial charge in [-0.3, -0.25) is 4.90 Å². The highest BCUT2D eigenvalue weighted by molar-refractivity contribution is 5.80. The average Bonchev–Trinajstić information content (AvgIpc) is 2.82. The summed E-state index contributed by atoms with van der Waals surface area (Å²) in [4.78, 5) is 14.3. The zero-order valence-corrected chi connectivity index (χ0v) is 12.5. The summed E-state index contributed by atoms with van der Waals surface area (Å²) in [7, 11) is 1.42. The lowest BCUT2D eigenvalue weighted by Crippen LogP contribution is -2.46. The van der Waals surface area contributed by atoms with Crippen LogP contribution in [0.25, 0.3) is 0 Å². The largest absolute Gasteiger partial charge is 0.467 e. The first-order chi connectivity index (χ1) is 9.55. The molecule has 0 aromatic heterocycles. The zero-order chi connectivity index (χ0) is 14.6. The van der Waals surface area contributed by atoms with E-state index in [1.807, 2.05) is 32.0 Å². The summed E-state index contributed by atoms with van der Waals surface area (Å²) in [6.07, 6.45) is 0.691. The maximum absolute atomic E-state index is 12.1. The minimum atomic E-state index is -0.808. The van der Waals surface area contributed by atoms with Gasteiger partial charge in [-0.1, -0.05) is 30.3 Å². The molecule has 0 amide bonds. The fourth-order valence-electron chi connectivity index (χ4n) is 2.78. The Hall–Kier alpha value is -1.39. The lowest BCUT2D eigenvalue weighted by Gasteiger charge is -2.29. The zero-order valence-electron chi connectivity index (χ0n) is 12.5. The summed E-state index contributed by atoms with van der Waals surface area (Å²) in [5, 5.41) is 0. The van der Waals surface area contributed by atoms with Crippen LogP contribution in [0, 0.1) is 0 Å². The summed E-state index contributed by atoms with van der Waals surface area (Å²) in [5.74, 6) is -0.262. The van der Waals surface area contributed by atoms with Crippen LogP contribution in [0.5, 0.6) is 0 Å². The minimum absolute atomic E-state index is 0.00535. The first-order valence-corrected chi connectivity index (χ1v) is 7.08. The van der Waals surface area contributed by atoms with Gasteiger partial charge >= 0.3 is 5.97 Å². The van der Waals surface area contributed by atoms with Crippen molar-refractivity contribution in [1.29, 1.82) is 0 Å². The summed E-state index contributed by atoms with van der Waals surface area (Å²) >= 11 is 0. The van der Waals surface area contributed by atoms with Gasteiger partial charge in [0.1, 0.15) is 0 Å². The molecule has 1 saturated heterocycles. The molecule has 1 aliphatic rings. The number of nitrogens with zero attached hydrogens (tertiary/aromatic N) is 1. The molecule has 1 atom stereocenters. The van der Waals surface area contributed by atoms with Gasteiger partial charge in [0.15, 0.2) is 5.60 Å². The predicted molar refractivity (Wildman–Crippen MR) is 77.3 cm³/mol. The molecule has 1 fully saturated rings. The molecule has 0 saturated carbocycles. The normalized spacial score (nSPS) is 23.2. The second-order valence-corrected chi connectivity index (χ2v) is 5.60. The molecule has 0 aliphatic carbocycles. The van der Waals surface area contributed by atoms with E-state index >= 15 is 0 Å². The quantitative estimate of drug-likeness (QED) is 0.774. The molecule has 20 heavy (non-hydrogen) atoms. The number of ether oxygens (including phenoxy) is 2. The van der Waals surface area contributed by atoms with E-state index in [0.29, 0.717) is 13.0 Å². The van der Waals surface area contributed by atoms with E-state index in [0.717, 1.165) is 13.1 Å². The highest BCUT2D eigenvalue weighted by Gasteiger charge is 2.47. The molecule has 0 spiro atoms. The molecule has 4 nitrogen and oxygen atoms in total. The third-order valence-corrected chi connectivity index (χ3v) is 3.58. The smallest absolute Gasteiger partial charge is 0.339 e. The number of methoxy groups -OCH3 is 1. The van der Waals surface area contributed by atoms with Gasteiger partial charge in [0, 0.05) is 26.1 Å². The number of rotatable bonds is 5. The van der Waals surface area contributed by atoms with Gasteiger partial charge in [0.05, 0.1) is 13.2 Å². The Bertz CT molecular complexity index is 446. The number of carbonyl (C=O) groups excluding carboxylic acids is 1. The molecule has 0 bridgehead atoms. The van der Waals surface area contributed by atoms with Crippen LogP contribution in [0.1, 0.15) is 25.8 Å². The molecule has 0 N–H and O–H groups in total. The van der Waals surface area contributed by atoms with Gasteiger partial charge in [-0.05, 0) is 19.4 Å². The Kier molecular flexibility index (Phi) is 4.78. The average molecular weight is 277 g/mol. The van der Waals surface area contributed by atoms with Crippen LogP contribution < -0.4 is 0 Å². The monoisotopic (exact) mass is 277 g/mol. The highest BCUT2D eigenvalue weighted by atomic mass is 16.6. The fraction of sp³-hybridized carbons (Fsp3) is 0.562. The molecule has 1 aromatic carbocycles. The van der Waals surface area contributed by atoms with Crippen LogP contribution in [0.3, 0.4) is 0 Å². The first-order valence-electron chi connectivity index (χ1n) is 7.08. The van der Waals surface area contributed by atoms with Gasteiger partial charge in [-0.25, -0.2) is 4.79 Å². The number of hydrogen-bond acceptors (Lipinski definition) is 4. The van der Waals surface area contributed by atoms with E-state index in [-0.39, 0.29) is 12.1 Å². The molecule has 1 unspecified atom stereocenters. The Balaban J connectivity index is 2.05. The molecule has 1 heterocycles. The Labute approximate surface area is 120 Å². The summed E-state index contributed by atoms with van der Waals surface area (Å²) < 4.78 is 10.8. The van der Waals surface area contributed by atoms with Crippen molar-refractivity contribution in [1.82, 2.24) is 4.90 Å². The summed E-state index contributed by atoms with van der Waals surface area (Å²) in [6.45, 7) is 6.17. The van der Waals surface area contributed by atoms with E-state index in [1.54, 1.807) is 0 Å². The van der Waals surface area contributed by atoms with Crippen LogP contribution in [-0.4, -0.2) is 42.8 Å². The van der Waals surface area contributed by atoms with E-state index in [4.69, 9.17) is 9.47 Å². The summed E-state index contributed by atoms with van der Waals surface area (Å²) in [5.41, 5.74) is 0.440. The van der Waals surface area contributed by atoms with Crippen LogP contribution in [0.4, 0.5) is 0 Å². The van der Waals surface area contributed by atoms with Crippen molar-refractivity contribution < 1.29 is 14.3 Å². The minimum Gasteiger partial charge on any atom is -0.467 e. The van der Waals surface area contributed by atoms with Crippen molar-refractivity contribution in [2.75, 3.05) is 20.2 Å². The standard InChI is InChI=1S/C16H23NO3/c1-13(2)20-16(15(18)19-3)9-10-17(12-16)11-14-7-5-4-6-8-14/h4-8,13H,9-12H2,1-3H3. The highest BCUT2D eigenvalue weighted by Crippen LogP contribution is 2.29. The van der Waals surface area contributed by atoms with Crippen molar-refractivity contribution in [3.8, 4) is 0 Å². The summed E-state index contributed by atoms with van der Waals surface area (Å²) in [6, 6.07) is 10.3. The number of likely N-dealkylation sites (tertiary alicyclic amines) is 1. The van der Waals surface area contributed by atoms with Gasteiger partial charge in [-0.15, -0.1) is 0 Å². The van der Waals surface area contributed by atoms with E-state index in [9.17, 15) is 4.79 Å². The number of esters is 1. The first kappa shape index (κ1) is 15.0. The topological polar surface area (TPSA) is 38.8 Å². The lowest BCUT2D eigenvalue weighted by molar-refractivity contribution is -0.173. The van der Waals surface area contributed by atoms with Crippen molar-refractivity contribution in [3.05, 3.63) is 35.9 Å². The molecule has 0 radical (unpaired) electrons. The van der Waals surface area contributed by atoms with Gasteiger partial charge in [0.2, 0.25) is 0 Å². The third kappa shape index (κ3) is 3.38. The van der Waals surface area contributed by atoms with Crippen LogP contribution >= 0.6 is 0 Å². The molecule has 1 aliphatic heterocycles. The molecule has 110 valence electrons. The second kappa shape index (κ2) is 6.37. The van der Waals surface area contributed by atoms with Crippen LogP contribution in [0.2, 0.25) is 0 Å². The second-order valence-electron chi connectivity index (χ2n) is 5.60. The molecule has 1 aromatic rings. The number of carbonyl (C=O) groups is 1. The molecular formula is C16H23NO3. The van der Waals surface area contributed by atoms with Gasteiger partial charge in [-0.2, -0.15) is 0 Å². The van der Waals surface area contributed by atoms with Crippen molar-refractivity contribution in [3.63, 3.8) is 0 Å². The van der Waals surface area contributed by atoms with Crippen LogP contribution in [-0.2, 0) is 20.8 Å². The fourth-order valence-corrected chi connectivity index (χ4v) is 2.78. The molecule has 2 rings (SSSR count). The van der Waals surface area contributed by atoms with Crippen molar-refractivity contribution >= 4 is 5.97 Å². The van der Waals surface area contributed by atoms with Crippen LogP contribution in [0.15, 0.2) is 30.3 Å². The number of hydrogen-bond donors (Lipinski definition) is 0. The van der Waals surface area contributed by atoms with E-state index < -0.39 is 5.60 Å². The lowest BCUT2D eigenvalue weighted by atomic mass is 10.0. The van der Waals surface area contributed by atoms with E-state index in [1.165, 1.54) is 12.7 Å². The molecular weight excluding hydrogens is 254 g/mol. The van der Waals surface area contributed by atoms with Crippen molar-refractivity contribution in [2.24, 2.45) is 0 Å². The SMILES string of the molecule is COC(=O)C1(OC(C)C)CCN(Cc2ccccc2)C1. The van der Waals surface area contributed by atoms with Crippen molar-refractivity contribution in [2.45, 2.75) is 38.5 Å².